The van der Waals surface area contributed by atoms with Crippen LogP contribution in [0.25, 0.3) is 0 Å². The SMILES string of the molecule is CCCCCCCCCCCCCCCC(=O)OC[C@H](COP(=O)(O)OC[C@@H](O)COP(=O)(O)OC[C@@H](COC(=O)CCCCCCCCC(C)C)OC(=O)CCCCCCCCCCCCC)OC(=O)CCCCCCCCCCCCCCC(C)C. The molecule has 2 unspecified atom stereocenters. The fourth-order valence-electron chi connectivity index (χ4n) is 10.4. The van der Waals surface area contributed by atoms with E-state index in [4.69, 9.17) is 37.0 Å². The summed E-state index contributed by atoms with van der Waals surface area (Å²) in [6.45, 7) is 9.47. The third-order valence-corrected chi connectivity index (χ3v) is 17.9. The third-order valence-electron chi connectivity index (χ3n) is 16.0. The van der Waals surface area contributed by atoms with E-state index in [1.807, 2.05) is 0 Å². The van der Waals surface area contributed by atoms with E-state index < -0.39 is 97.5 Å². The molecule has 0 amide bonds. The number of carbonyl (C=O) groups is 4. The summed E-state index contributed by atoms with van der Waals surface area (Å²) in [5.41, 5.74) is 0. The number of hydrogen-bond acceptors (Lipinski definition) is 15. The van der Waals surface area contributed by atoms with Gasteiger partial charge in [-0.05, 0) is 37.5 Å². The van der Waals surface area contributed by atoms with Crippen LogP contribution >= 0.6 is 15.6 Å². The van der Waals surface area contributed by atoms with Crippen LogP contribution in [0.2, 0.25) is 0 Å². The number of aliphatic hydroxyl groups excluding tert-OH is 1. The Morgan fingerprint density at radius 3 is 0.773 bits per heavy atom. The van der Waals surface area contributed by atoms with Crippen molar-refractivity contribution >= 4 is 39.5 Å². The van der Waals surface area contributed by atoms with Gasteiger partial charge in [-0.15, -0.1) is 0 Å². The number of carbonyl (C=O) groups excluding carboxylic acids is 4. The molecule has 0 spiro atoms. The molecule has 3 N–H and O–H groups in total. The van der Waals surface area contributed by atoms with E-state index in [0.717, 1.165) is 102 Å². The van der Waals surface area contributed by atoms with Crippen LogP contribution < -0.4 is 0 Å². The van der Waals surface area contributed by atoms with Crippen LogP contribution in [0, 0.1) is 11.8 Å². The molecule has 17 nitrogen and oxygen atoms in total. The smallest absolute Gasteiger partial charge is 0.462 e. The maximum absolute atomic E-state index is 13.0. The Morgan fingerprint density at radius 1 is 0.307 bits per heavy atom. The van der Waals surface area contributed by atoms with Crippen molar-refractivity contribution in [2.75, 3.05) is 39.6 Å². The minimum Gasteiger partial charge on any atom is -0.462 e. The van der Waals surface area contributed by atoms with Gasteiger partial charge in [0.15, 0.2) is 12.2 Å². The Morgan fingerprint density at radius 2 is 0.523 bits per heavy atom. The fraction of sp³-hybridized carbons (Fsp3) is 0.942. The Kier molecular flexibility index (Phi) is 59.9. The van der Waals surface area contributed by atoms with E-state index in [1.54, 1.807) is 0 Å². The highest BCUT2D eigenvalue weighted by molar-refractivity contribution is 7.47. The van der Waals surface area contributed by atoms with Gasteiger partial charge in [0.05, 0.1) is 26.4 Å². The molecule has 0 saturated carbocycles. The summed E-state index contributed by atoms with van der Waals surface area (Å²) in [6.07, 6.45) is 45.8. The minimum absolute atomic E-state index is 0.106. The topological polar surface area (TPSA) is 237 Å². The molecule has 0 rings (SSSR count). The first-order valence-electron chi connectivity index (χ1n) is 36.0. The number of phosphoric ester groups is 2. The van der Waals surface area contributed by atoms with Crippen LogP contribution in [-0.4, -0.2) is 96.7 Å². The predicted octanol–water partition coefficient (Wildman–Crippen LogP) is 19.6. The number of phosphoric acid groups is 2. The van der Waals surface area contributed by atoms with E-state index in [-0.39, 0.29) is 25.7 Å². The van der Waals surface area contributed by atoms with E-state index in [9.17, 15) is 43.2 Å². The van der Waals surface area contributed by atoms with Crippen LogP contribution in [0.3, 0.4) is 0 Å². The second-order valence-corrected chi connectivity index (χ2v) is 28.8. The van der Waals surface area contributed by atoms with Crippen molar-refractivity contribution in [3.8, 4) is 0 Å². The minimum atomic E-state index is -4.95. The number of ether oxygens (including phenoxy) is 4. The number of unbranched alkanes of at least 4 members (excludes halogenated alkanes) is 38. The standard InChI is InChI=1S/C69H134O17P2/c1-7-9-11-13-15-17-19-20-25-28-32-39-45-51-66(71)79-57-64(85-69(74)54-48-42-34-30-26-22-21-24-27-31-37-43-49-61(3)4)59-83-87(75,76)81-55-63(70)56-82-88(77,78)84-60-65(58-80-67(72)52-46-40-36-35-38-44-50-62(5)6)86-68(73)53-47-41-33-29-23-18-16-14-12-10-8-2/h61-65,70H,7-60H2,1-6H3,(H,75,76)(H,77,78)/t63-,64-,65-/m1/s1. The van der Waals surface area contributed by atoms with Crippen molar-refractivity contribution in [3.63, 3.8) is 0 Å². The van der Waals surface area contributed by atoms with Gasteiger partial charge in [0, 0.05) is 25.7 Å². The van der Waals surface area contributed by atoms with Gasteiger partial charge < -0.3 is 33.8 Å². The molecule has 88 heavy (non-hydrogen) atoms. The van der Waals surface area contributed by atoms with Crippen molar-refractivity contribution in [2.24, 2.45) is 11.8 Å². The molecule has 522 valence electrons. The number of aliphatic hydroxyl groups is 1. The van der Waals surface area contributed by atoms with Gasteiger partial charge in [-0.2, -0.15) is 0 Å². The summed E-state index contributed by atoms with van der Waals surface area (Å²) in [4.78, 5) is 72.4. The molecule has 0 aromatic heterocycles. The molecule has 0 aliphatic carbocycles. The van der Waals surface area contributed by atoms with Crippen molar-refractivity contribution in [3.05, 3.63) is 0 Å². The first-order chi connectivity index (χ1) is 42.4. The van der Waals surface area contributed by atoms with Gasteiger partial charge in [-0.3, -0.25) is 37.3 Å². The largest absolute Gasteiger partial charge is 0.472 e. The zero-order valence-electron chi connectivity index (χ0n) is 57.0. The lowest BCUT2D eigenvalue weighted by molar-refractivity contribution is -0.161. The van der Waals surface area contributed by atoms with Crippen LogP contribution in [-0.2, 0) is 65.4 Å². The highest BCUT2D eigenvalue weighted by Gasteiger charge is 2.30. The summed E-state index contributed by atoms with van der Waals surface area (Å²) in [5.74, 6) is -0.669. The van der Waals surface area contributed by atoms with Crippen LogP contribution in [0.1, 0.15) is 350 Å². The Labute approximate surface area is 537 Å². The normalized spacial score (nSPS) is 14.2. The predicted molar refractivity (Wildman–Crippen MR) is 354 cm³/mol. The van der Waals surface area contributed by atoms with Gasteiger partial charge in [0.25, 0.3) is 0 Å². The Balaban J connectivity index is 5.24. The molecule has 0 bridgehead atoms. The van der Waals surface area contributed by atoms with Gasteiger partial charge in [-0.25, -0.2) is 9.13 Å². The molecule has 5 atom stereocenters. The lowest BCUT2D eigenvalue weighted by Crippen LogP contribution is -2.30. The average Bonchev–Trinajstić information content (AvgIpc) is 3.64. The summed E-state index contributed by atoms with van der Waals surface area (Å²) in [7, 11) is -9.90. The summed E-state index contributed by atoms with van der Waals surface area (Å²) < 4.78 is 68.2. The third kappa shape index (κ3) is 62.8. The van der Waals surface area contributed by atoms with Crippen LogP contribution in [0.4, 0.5) is 0 Å². The second-order valence-electron chi connectivity index (χ2n) is 25.9. The second kappa shape index (κ2) is 61.3. The summed E-state index contributed by atoms with van der Waals surface area (Å²) >= 11 is 0. The van der Waals surface area contributed by atoms with E-state index in [0.29, 0.717) is 31.6 Å². The van der Waals surface area contributed by atoms with E-state index >= 15 is 0 Å². The molecule has 0 saturated heterocycles. The number of rotatable bonds is 68. The quantitative estimate of drug-likeness (QED) is 0.0222. The lowest BCUT2D eigenvalue weighted by Gasteiger charge is -2.21. The van der Waals surface area contributed by atoms with Crippen LogP contribution in [0.15, 0.2) is 0 Å². The molecule has 0 radical (unpaired) electrons. The van der Waals surface area contributed by atoms with Gasteiger partial charge in [0.1, 0.15) is 19.3 Å². The molecular formula is C69H134O17P2. The van der Waals surface area contributed by atoms with Crippen molar-refractivity contribution in [1.82, 2.24) is 0 Å². The molecule has 0 aromatic carbocycles. The number of esters is 4. The summed E-state index contributed by atoms with van der Waals surface area (Å²) in [5, 5.41) is 10.6. The number of hydrogen-bond donors (Lipinski definition) is 3. The maximum Gasteiger partial charge on any atom is 0.472 e. The first kappa shape index (κ1) is 86.1. The van der Waals surface area contributed by atoms with Crippen molar-refractivity contribution in [2.45, 2.75) is 368 Å². The van der Waals surface area contributed by atoms with E-state index in [1.165, 1.54) is 161 Å². The fourth-order valence-corrected chi connectivity index (χ4v) is 12.0. The molecule has 0 heterocycles. The summed E-state index contributed by atoms with van der Waals surface area (Å²) in [6, 6.07) is 0. The lowest BCUT2D eigenvalue weighted by atomic mass is 10.0. The molecule has 19 heteroatoms. The average molecular weight is 1300 g/mol. The van der Waals surface area contributed by atoms with Crippen molar-refractivity contribution in [1.29, 1.82) is 0 Å². The maximum atomic E-state index is 13.0. The molecule has 0 aromatic rings. The monoisotopic (exact) mass is 1300 g/mol. The van der Waals surface area contributed by atoms with E-state index in [2.05, 4.69) is 41.5 Å². The van der Waals surface area contributed by atoms with Crippen molar-refractivity contribution < 1.29 is 80.2 Å². The Bertz CT molecular complexity index is 1720. The highest BCUT2D eigenvalue weighted by Crippen LogP contribution is 2.45. The van der Waals surface area contributed by atoms with Crippen LogP contribution in [0.5, 0.6) is 0 Å². The van der Waals surface area contributed by atoms with Gasteiger partial charge in [0.2, 0.25) is 0 Å². The molecule has 0 fully saturated rings. The highest BCUT2D eigenvalue weighted by atomic mass is 31.2. The molecular weight excluding hydrogens is 1160 g/mol. The zero-order valence-corrected chi connectivity index (χ0v) is 58.8. The van der Waals surface area contributed by atoms with Gasteiger partial charge >= 0.3 is 39.5 Å². The molecule has 0 aliphatic heterocycles. The first-order valence-corrected chi connectivity index (χ1v) is 39.0. The zero-order chi connectivity index (χ0) is 65.0. The molecule has 0 aliphatic rings. The van der Waals surface area contributed by atoms with Gasteiger partial charge in [-0.1, -0.05) is 298 Å². The Hall–Kier alpha value is -1.94.